The fraction of sp³-hybridized carbons (Fsp3) is 0.125. The lowest BCUT2D eigenvalue weighted by Crippen LogP contribution is -2.16. The van der Waals surface area contributed by atoms with Gasteiger partial charge in [-0.3, -0.25) is 10.2 Å². The number of nitrogens with two attached hydrogens (primary N) is 1. The Balaban J connectivity index is 1.76. The number of fused-ring (bicyclic) bond motifs is 1. The number of anilines is 1. The molecule has 3 aromatic carbocycles. The van der Waals surface area contributed by atoms with E-state index in [1.807, 2.05) is 0 Å². The zero-order chi connectivity index (χ0) is 23.4. The van der Waals surface area contributed by atoms with Crippen LogP contribution >= 0.6 is 0 Å². The average Bonchev–Trinajstić information content (AvgIpc) is 3.31. The lowest BCUT2D eigenvalue weighted by molar-refractivity contribution is -0.0124. The Morgan fingerprint density at radius 3 is 2.52 bits per heavy atom. The Morgan fingerprint density at radius 1 is 1.03 bits per heavy atom. The number of methoxy groups -OCH3 is 1. The fourth-order valence-electron chi connectivity index (χ4n) is 3.44. The largest absolute Gasteiger partial charge is 0.454 e. The Labute approximate surface area is 189 Å². The van der Waals surface area contributed by atoms with Crippen LogP contribution in [-0.4, -0.2) is 38.4 Å². The second-order valence-corrected chi connectivity index (χ2v) is 7.05. The molecule has 33 heavy (non-hydrogen) atoms. The molecule has 0 saturated heterocycles. The molecular weight excluding hydrogens is 426 g/mol. The Morgan fingerprint density at radius 2 is 1.79 bits per heavy atom. The lowest BCUT2D eigenvalue weighted by atomic mass is 9.94. The summed E-state index contributed by atoms with van der Waals surface area (Å²) in [5, 5.41) is 10.3. The van der Waals surface area contributed by atoms with Crippen molar-refractivity contribution in [3.63, 3.8) is 0 Å². The topological polar surface area (TPSA) is 133 Å². The summed E-state index contributed by atoms with van der Waals surface area (Å²) in [5.41, 5.74) is 7.98. The van der Waals surface area contributed by atoms with Gasteiger partial charge >= 0.3 is 5.97 Å². The van der Waals surface area contributed by atoms with Crippen molar-refractivity contribution in [2.24, 2.45) is 5.73 Å². The Kier molecular flexibility index (Phi) is 6.23. The zero-order valence-electron chi connectivity index (χ0n) is 17.7. The molecule has 0 unspecified atom stereocenters. The third-order valence-corrected chi connectivity index (χ3v) is 4.97. The van der Waals surface area contributed by atoms with E-state index in [0.29, 0.717) is 28.1 Å². The van der Waals surface area contributed by atoms with Crippen molar-refractivity contribution in [1.29, 1.82) is 5.41 Å². The summed E-state index contributed by atoms with van der Waals surface area (Å²) in [6.07, 6.45) is 0. The molecule has 0 fully saturated rings. The predicted molar refractivity (Wildman–Crippen MR) is 121 cm³/mol. The molecule has 0 radical (unpaired) electrons. The number of amidine groups is 1. The summed E-state index contributed by atoms with van der Waals surface area (Å²) in [6.45, 7) is -0.220. The Bertz CT molecular complexity index is 1220. The number of nitrogens with one attached hydrogen (secondary N) is 2. The van der Waals surface area contributed by atoms with Gasteiger partial charge in [0.05, 0.1) is 11.1 Å². The van der Waals surface area contributed by atoms with Gasteiger partial charge in [0.1, 0.15) is 5.84 Å². The number of carbonyl (C=O) groups excluding carboxylic acids is 2. The minimum absolute atomic E-state index is 0.0239. The standard InChI is InChI=1S/C24H21N3O6/c1-30-12-33-24(29)18-5-3-2-4-16(18)17-10-11-19-21(32-13-31-19)20(17)23(28)27-15-8-6-14(7-9-15)22(25)26/h2-11H,12-13H2,1H3,(H3,25,26)(H,27,28). The molecular formula is C24H21N3O6. The molecule has 0 saturated carbocycles. The number of nitrogen functional groups attached to an aromatic ring is 1. The van der Waals surface area contributed by atoms with E-state index < -0.39 is 11.9 Å². The van der Waals surface area contributed by atoms with Gasteiger partial charge in [-0.05, 0) is 53.6 Å². The summed E-state index contributed by atoms with van der Waals surface area (Å²) in [6, 6.07) is 16.7. The summed E-state index contributed by atoms with van der Waals surface area (Å²) < 4.78 is 21.0. The van der Waals surface area contributed by atoms with Crippen LogP contribution in [0.4, 0.5) is 5.69 Å². The van der Waals surface area contributed by atoms with E-state index in [4.69, 9.17) is 30.1 Å². The predicted octanol–water partition coefficient (Wildman–Crippen LogP) is 3.38. The van der Waals surface area contributed by atoms with Crippen LogP contribution in [0.2, 0.25) is 0 Å². The number of benzene rings is 3. The summed E-state index contributed by atoms with van der Waals surface area (Å²) in [7, 11) is 1.42. The quantitative estimate of drug-likeness (QED) is 0.219. The van der Waals surface area contributed by atoms with E-state index >= 15 is 0 Å². The maximum atomic E-state index is 13.4. The molecule has 1 aliphatic rings. The van der Waals surface area contributed by atoms with Crippen molar-refractivity contribution >= 4 is 23.4 Å². The molecule has 1 heterocycles. The van der Waals surface area contributed by atoms with Gasteiger partial charge in [-0.25, -0.2) is 4.79 Å². The molecule has 4 rings (SSSR count). The van der Waals surface area contributed by atoms with Crippen LogP contribution in [0.25, 0.3) is 11.1 Å². The molecule has 0 aromatic heterocycles. The van der Waals surface area contributed by atoms with E-state index in [1.165, 1.54) is 7.11 Å². The van der Waals surface area contributed by atoms with Gasteiger partial charge in [-0.15, -0.1) is 0 Å². The number of esters is 1. The number of rotatable bonds is 7. The van der Waals surface area contributed by atoms with Crippen LogP contribution in [0, 0.1) is 5.41 Å². The molecule has 0 bridgehead atoms. The maximum absolute atomic E-state index is 13.4. The number of carbonyl (C=O) groups is 2. The first kappa shape index (κ1) is 21.8. The summed E-state index contributed by atoms with van der Waals surface area (Å²) in [5.74, 6) is -0.404. The van der Waals surface area contributed by atoms with Crippen molar-refractivity contribution in [2.45, 2.75) is 0 Å². The summed E-state index contributed by atoms with van der Waals surface area (Å²) in [4.78, 5) is 26.0. The van der Waals surface area contributed by atoms with Crippen molar-refractivity contribution in [2.75, 3.05) is 26.0 Å². The number of hydrogen-bond acceptors (Lipinski definition) is 7. The molecule has 0 aliphatic carbocycles. The second kappa shape index (κ2) is 9.41. The van der Waals surface area contributed by atoms with Gasteiger partial charge in [-0.1, -0.05) is 18.2 Å². The minimum Gasteiger partial charge on any atom is -0.454 e. The van der Waals surface area contributed by atoms with E-state index in [2.05, 4.69) is 5.32 Å². The monoisotopic (exact) mass is 447 g/mol. The number of ether oxygens (including phenoxy) is 4. The van der Waals surface area contributed by atoms with Crippen molar-refractivity contribution in [1.82, 2.24) is 0 Å². The first-order valence-corrected chi connectivity index (χ1v) is 9.93. The van der Waals surface area contributed by atoms with E-state index in [-0.39, 0.29) is 36.3 Å². The highest BCUT2D eigenvalue weighted by Gasteiger charge is 2.28. The molecule has 9 nitrogen and oxygen atoms in total. The molecule has 3 aromatic rings. The van der Waals surface area contributed by atoms with Crippen LogP contribution in [0.3, 0.4) is 0 Å². The first-order valence-electron chi connectivity index (χ1n) is 9.93. The van der Waals surface area contributed by atoms with Gasteiger partial charge in [-0.2, -0.15) is 0 Å². The third kappa shape index (κ3) is 4.48. The van der Waals surface area contributed by atoms with Crippen LogP contribution in [0.1, 0.15) is 26.3 Å². The van der Waals surface area contributed by atoms with Gasteiger partial charge in [0.25, 0.3) is 5.91 Å². The van der Waals surface area contributed by atoms with E-state index in [9.17, 15) is 9.59 Å². The second-order valence-electron chi connectivity index (χ2n) is 7.05. The number of amides is 1. The van der Waals surface area contributed by atoms with Gasteiger partial charge in [0, 0.05) is 18.4 Å². The van der Waals surface area contributed by atoms with Gasteiger partial charge in [0.2, 0.25) is 6.79 Å². The first-order chi connectivity index (χ1) is 16.0. The molecule has 1 amide bonds. The summed E-state index contributed by atoms with van der Waals surface area (Å²) >= 11 is 0. The number of hydrogen-bond donors (Lipinski definition) is 3. The Hall–Kier alpha value is -4.37. The smallest absolute Gasteiger partial charge is 0.340 e. The van der Waals surface area contributed by atoms with E-state index in [1.54, 1.807) is 60.7 Å². The van der Waals surface area contributed by atoms with Crippen molar-refractivity contribution in [3.8, 4) is 22.6 Å². The van der Waals surface area contributed by atoms with Crippen molar-refractivity contribution < 1.29 is 28.5 Å². The molecule has 9 heteroatoms. The lowest BCUT2D eigenvalue weighted by Gasteiger charge is -2.15. The highest BCUT2D eigenvalue weighted by molar-refractivity contribution is 6.13. The fourth-order valence-corrected chi connectivity index (χ4v) is 3.44. The van der Waals surface area contributed by atoms with Crippen LogP contribution in [-0.2, 0) is 9.47 Å². The molecule has 0 atom stereocenters. The molecule has 168 valence electrons. The normalized spacial score (nSPS) is 11.7. The van der Waals surface area contributed by atoms with Crippen LogP contribution < -0.4 is 20.5 Å². The average molecular weight is 447 g/mol. The van der Waals surface area contributed by atoms with Crippen molar-refractivity contribution in [3.05, 3.63) is 77.4 Å². The van der Waals surface area contributed by atoms with Crippen LogP contribution in [0.15, 0.2) is 60.7 Å². The third-order valence-electron chi connectivity index (χ3n) is 4.97. The SMILES string of the molecule is COCOC(=O)c1ccccc1-c1ccc2c(c1C(=O)Nc1ccc(C(=N)N)cc1)OCO2. The molecule has 0 spiro atoms. The molecule has 1 aliphatic heterocycles. The zero-order valence-corrected chi connectivity index (χ0v) is 17.7. The maximum Gasteiger partial charge on any atom is 0.340 e. The van der Waals surface area contributed by atoms with Gasteiger partial charge in [0.15, 0.2) is 18.3 Å². The highest BCUT2D eigenvalue weighted by Crippen LogP contribution is 2.42. The van der Waals surface area contributed by atoms with E-state index in [0.717, 1.165) is 0 Å². The minimum atomic E-state index is -0.587. The molecule has 4 N–H and O–H groups in total. The highest BCUT2D eigenvalue weighted by atomic mass is 16.7. The van der Waals surface area contributed by atoms with Crippen LogP contribution in [0.5, 0.6) is 11.5 Å². The van der Waals surface area contributed by atoms with Gasteiger partial charge < -0.3 is 30.0 Å².